The summed E-state index contributed by atoms with van der Waals surface area (Å²) >= 11 is 0. The molecule has 10 heteroatoms. The van der Waals surface area contributed by atoms with Gasteiger partial charge in [-0.05, 0) is 54.1 Å². The number of halogens is 1. The van der Waals surface area contributed by atoms with Crippen molar-refractivity contribution in [3.05, 3.63) is 103 Å². The number of fused-ring (bicyclic) bond motifs is 1. The summed E-state index contributed by atoms with van der Waals surface area (Å²) < 4.78 is 41.8. The lowest BCUT2D eigenvalue weighted by atomic mass is 10.2. The first-order valence-corrected chi connectivity index (χ1v) is 11.7. The number of aromatic nitrogens is 4. The van der Waals surface area contributed by atoms with Crippen molar-refractivity contribution >= 4 is 26.6 Å². The zero-order valence-corrected chi connectivity index (χ0v) is 18.5. The number of benzene rings is 2. The Morgan fingerprint density at radius 2 is 1.82 bits per heavy atom. The molecule has 1 amide bonds. The summed E-state index contributed by atoms with van der Waals surface area (Å²) in [6.45, 7) is 0.208. The first-order chi connectivity index (χ1) is 16.4. The summed E-state index contributed by atoms with van der Waals surface area (Å²) in [5, 5.41) is 7.58. The van der Waals surface area contributed by atoms with Crippen LogP contribution in [0.15, 0.2) is 95.2 Å². The predicted octanol–water partition coefficient (Wildman–Crippen LogP) is 3.65. The monoisotopic (exact) mass is 475 g/mol. The van der Waals surface area contributed by atoms with Gasteiger partial charge >= 0.3 is 0 Å². The van der Waals surface area contributed by atoms with Crippen molar-refractivity contribution < 1.29 is 17.6 Å². The Labute approximate surface area is 194 Å². The van der Waals surface area contributed by atoms with Gasteiger partial charge in [0.15, 0.2) is 0 Å². The van der Waals surface area contributed by atoms with E-state index in [0.29, 0.717) is 11.3 Å². The zero-order chi connectivity index (χ0) is 23.7. The van der Waals surface area contributed by atoms with Gasteiger partial charge in [0.05, 0.1) is 9.79 Å². The molecule has 0 aliphatic heterocycles. The fraction of sp³-hybridized carbons (Fsp3) is 0.0417. The third-order valence-corrected chi connectivity index (χ3v) is 7.10. The summed E-state index contributed by atoms with van der Waals surface area (Å²) in [4.78, 5) is 19.4. The molecular weight excluding hydrogens is 457 g/mol. The molecule has 0 atom stereocenters. The number of nitrogens with one attached hydrogen (secondary N) is 2. The summed E-state index contributed by atoms with van der Waals surface area (Å²) in [6, 6.07) is 14.9. The molecule has 0 aliphatic carbocycles. The molecular formula is C24H18FN5O3S. The molecule has 0 aliphatic rings. The minimum Gasteiger partial charge on any atom is -0.350 e. The standard InChI is InChI=1S/C24H18FN5O3S/c25-20-13-19(6-7-23(20)30-11-1-9-28-30)34(32,33)18-4-2-16(3-5-18)14-27-24(31)22-12-17-15-26-10-8-21(17)29-22/h1-13,15,29H,14H2,(H,27,31). The number of nitrogens with zero attached hydrogens (tertiary/aromatic N) is 3. The van der Waals surface area contributed by atoms with E-state index in [-0.39, 0.29) is 27.9 Å². The third kappa shape index (κ3) is 4.06. The number of amides is 1. The van der Waals surface area contributed by atoms with E-state index in [1.807, 2.05) is 0 Å². The lowest BCUT2D eigenvalue weighted by Gasteiger charge is -2.09. The van der Waals surface area contributed by atoms with Crippen LogP contribution in [0.4, 0.5) is 4.39 Å². The van der Waals surface area contributed by atoms with Gasteiger partial charge in [0, 0.05) is 42.2 Å². The van der Waals surface area contributed by atoms with Crippen LogP contribution in [0, 0.1) is 5.82 Å². The van der Waals surface area contributed by atoms with Crippen LogP contribution in [0.1, 0.15) is 16.1 Å². The van der Waals surface area contributed by atoms with Gasteiger partial charge in [0.2, 0.25) is 9.84 Å². The molecule has 0 unspecified atom stereocenters. The van der Waals surface area contributed by atoms with E-state index in [1.54, 1.807) is 48.9 Å². The van der Waals surface area contributed by atoms with Crippen LogP contribution in [0.25, 0.3) is 16.6 Å². The highest BCUT2D eigenvalue weighted by Crippen LogP contribution is 2.24. The highest BCUT2D eigenvalue weighted by Gasteiger charge is 2.20. The molecule has 0 fully saturated rings. The normalized spacial score (nSPS) is 11.6. The fourth-order valence-electron chi connectivity index (χ4n) is 3.55. The van der Waals surface area contributed by atoms with Gasteiger partial charge in [-0.3, -0.25) is 9.78 Å². The van der Waals surface area contributed by atoms with Gasteiger partial charge in [-0.2, -0.15) is 5.10 Å². The quantitative estimate of drug-likeness (QED) is 0.390. The molecule has 0 saturated carbocycles. The molecule has 2 N–H and O–H groups in total. The number of carbonyl (C=O) groups is 1. The van der Waals surface area contributed by atoms with Crippen LogP contribution in [-0.2, 0) is 16.4 Å². The van der Waals surface area contributed by atoms with E-state index in [2.05, 4.69) is 20.4 Å². The number of hydrogen-bond acceptors (Lipinski definition) is 5. The molecule has 5 aromatic rings. The maximum atomic E-state index is 14.5. The van der Waals surface area contributed by atoms with Crippen molar-refractivity contribution in [1.82, 2.24) is 25.1 Å². The van der Waals surface area contributed by atoms with E-state index < -0.39 is 15.7 Å². The molecule has 2 aromatic carbocycles. The highest BCUT2D eigenvalue weighted by molar-refractivity contribution is 7.91. The number of H-pyrrole nitrogens is 1. The molecule has 0 spiro atoms. The number of pyridine rings is 1. The van der Waals surface area contributed by atoms with Crippen LogP contribution < -0.4 is 5.32 Å². The Hall–Kier alpha value is -4.31. The van der Waals surface area contributed by atoms with Crippen molar-refractivity contribution in [1.29, 1.82) is 0 Å². The van der Waals surface area contributed by atoms with Crippen LogP contribution in [0.2, 0.25) is 0 Å². The fourth-order valence-corrected chi connectivity index (χ4v) is 4.82. The second-order valence-electron chi connectivity index (χ2n) is 7.54. The molecule has 3 aromatic heterocycles. The van der Waals surface area contributed by atoms with Gasteiger partial charge in [-0.15, -0.1) is 0 Å². The average molecular weight is 476 g/mol. The van der Waals surface area contributed by atoms with Crippen molar-refractivity contribution in [2.45, 2.75) is 16.3 Å². The summed E-state index contributed by atoms with van der Waals surface area (Å²) in [5.74, 6) is -0.988. The molecule has 170 valence electrons. The highest BCUT2D eigenvalue weighted by atomic mass is 32.2. The summed E-state index contributed by atoms with van der Waals surface area (Å²) in [5.41, 5.74) is 2.08. The number of sulfone groups is 1. The van der Waals surface area contributed by atoms with Crippen LogP contribution in [0.5, 0.6) is 0 Å². The van der Waals surface area contributed by atoms with E-state index >= 15 is 0 Å². The molecule has 0 saturated heterocycles. The topological polar surface area (TPSA) is 110 Å². The van der Waals surface area contributed by atoms with E-state index in [4.69, 9.17) is 0 Å². The molecule has 5 rings (SSSR count). The summed E-state index contributed by atoms with van der Waals surface area (Å²) in [6.07, 6.45) is 6.38. The van der Waals surface area contributed by atoms with Crippen LogP contribution in [0.3, 0.4) is 0 Å². The number of rotatable bonds is 6. The predicted molar refractivity (Wildman–Crippen MR) is 123 cm³/mol. The Morgan fingerprint density at radius 3 is 2.53 bits per heavy atom. The average Bonchev–Trinajstić information content (AvgIpc) is 3.53. The number of hydrogen-bond donors (Lipinski definition) is 2. The van der Waals surface area contributed by atoms with Crippen molar-refractivity contribution in [3.8, 4) is 5.69 Å². The van der Waals surface area contributed by atoms with E-state index in [1.165, 1.54) is 35.1 Å². The van der Waals surface area contributed by atoms with Crippen molar-refractivity contribution in [2.24, 2.45) is 0 Å². The lowest BCUT2D eigenvalue weighted by molar-refractivity contribution is 0.0946. The molecule has 3 heterocycles. The number of aromatic amines is 1. The Balaban J connectivity index is 1.29. The van der Waals surface area contributed by atoms with Gasteiger partial charge in [-0.25, -0.2) is 17.5 Å². The van der Waals surface area contributed by atoms with E-state index in [0.717, 1.165) is 17.0 Å². The molecule has 0 radical (unpaired) electrons. The Kier molecular flexibility index (Phi) is 5.42. The molecule has 8 nitrogen and oxygen atoms in total. The largest absolute Gasteiger partial charge is 0.350 e. The smallest absolute Gasteiger partial charge is 0.267 e. The minimum absolute atomic E-state index is 0.0249. The second kappa shape index (κ2) is 8.56. The van der Waals surface area contributed by atoms with Crippen molar-refractivity contribution in [2.75, 3.05) is 0 Å². The minimum atomic E-state index is -3.92. The van der Waals surface area contributed by atoms with Crippen LogP contribution >= 0.6 is 0 Å². The maximum absolute atomic E-state index is 14.5. The van der Waals surface area contributed by atoms with Crippen LogP contribution in [-0.4, -0.2) is 34.1 Å². The second-order valence-corrected chi connectivity index (χ2v) is 9.49. The van der Waals surface area contributed by atoms with Gasteiger partial charge in [0.1, 0.15) is 17.2 Å². The SMILES string of the molecule is O=C(NCc1ccc(S(=O)(=O)c2ccc(-n3cccn3)c(F)c2)cc1)c1cc2cnccc2[nH]1. The first kappa shape index (κ1) is 21.5. The Bertz CT molecular complexity index is 1560. The number of carbonyl (C=O) groups excluding carboxylic acids is 1. The first-order valence-electron chi connectivity index (χ1n) is 10.3. The Morgan fingerprint density at radius 1 is 1.03 bits per heavy atom. The van der Waals surface area contributed by atoms with Gasteiger partial charge < -0.3 is 10.3 Å². The lowest BCUT2D eigenvalue weighted by Crippen LogP contribution is -2.23. The zero-order valence-electron chi connectivity index (χ0n) is 17.6. The van der Waals surface area contributed by atoms with E-state index in [9.17, 15) is 17.6 Å². The maximum Gasteiger partial charge on any atom is 0.267 e. The molecule has 34 heavy (non-hydrogen) atoms. The van der Waals surface area contributed by atoms with Crippen molar-refractivity contribution in [3.63, 3.8) is 0 Å². The summed E-state index contributed by atoms with van der Waals surface area (Å²) in [7, 11) is -3.92. The van der Waals surface area contributed by atoms with Gasteiger partial charge in [-0.1, -0.05) is 12.1 Å². The molecule has 0 bridgehead atoms. The third-order valence-electron chi connectivity index (χ3n) is 5.33. The van der Waals surface area contributed by atoms with Gasteiger partial charge in [0.25, 0.3) is 5.91 Å².